The fourth-order valence-corrected chi connectivity index (χ4v) is 1.68. The van der Waals surface area contributed by atoms with E-state index in [0.717, 1.165) is 6.20 Å². The molecule has 0 N–H and O–H groups in total. The zero-order valence-corrected chi connectivity index (χ0v) is 9.15. The van der Waals surface area contributed by atoms with Crippen LogP contribution >= 0.6 is 27.5 Å². The summed E-state index contributed by atoms with van der Waals surface area (Å²) in [6.07, 6.45) is -0.470. The lowest BCUT2D eigenvalue weighted by Crippen LogP contribution is -2.03. The summed E-state index contributed by atoms with van der Waals surface area (Å²) in [4.78, 5) is 14.5. The van der Waals surface area contributed by atoms with Crippen LogP contribution in [0.4, 0.5) is 8.78 Å². The SMILES string of the molecule is O=C(Cl)c1c(CBr)cncc1C(F)F. The van der Waals surface area contributed by atoms with Gasteiger partial charge >= 0.3 is 0 Å². The van der Waals surface area contributed by atoms with Crippen molar-refractivity contribution in [2.75, 3.05) is 0 Å². The average Bonchev–Trinajstić information content (AvgIpc) is 2.16. The second-order valence-electron chi connectivity index (χ2n) is 2.47. The highest BCUT2D eigenvalue weighted by Gasteiger charge is 2.20. The smallest absolute Gasteiger partial charge is 0.266 e. The average molecular weight is 284 g/mol. The molecule has 0 saturated heterocycles. The van der Waals surface area contributed by atoms with Crippen molar-refractivity contribution in [3.05, 3.63) is 29.1 Å². The van der Waals surface area contributed by atoms with Gasteiger partial charge in [0.05, 0.1) is 5.56 Å². The molecule has 0 saturated carbocycles. The van der Waals surface area contributed by atoms with Crippen molar-refractivity contribution in [3.63, 3.8) is 0 Å². The third-order valence-electron chi connectivity index (χ3n) is 1.63. The second kappa shape index (κ2) is 4.79. The fourth-order valence-electron chi connectivity index (χ4n) is 1.03. The largest absolute Gasteiger partial charge is 0.276 e. The van der Waals surface area contributed by atoms with Gasteiger partial charge in [0.1, 0.15) is 0 Å². The Morgan fingerprint density at radius 1 is 1.57 bits per heavy atom. The number of hydrogen-bond donors (Lipinski definition) is 0. The highest BCUT2D eigenvalue weighted by molar-refractivity contribution is 9.08. The van der Waals surface area contributed by atoms with E-state index in [0.29, 0.717) is 5.56 Å². The Hall–Kier alpha value is -0.550. The third-order valence-corrected chi connectivity index (χ3v) is 2.42. The summed E-state index contributed by atoms with van der Waals surface area (Å²) in [5.41, 5.74) is -0.224. The van der Waals surface area contributed by atoms with Crippen molar-refractivity contribution < 1.29 is 13.6 Å². The second-order valence-corrected chi connectivity index (χ2v) is 3.37. The number of nitrogens with zero attached hydrogens (tertiary/aromatic N) is 1. The van der Waals surface area contributed by atoms with Gasteiger partial charge in [-0.2, -0.15) is 0 Å². The van der Waals surface area contributed by atoms with Gasteiger partial charge in [0.25, 0.3) is 11.7 Å². The van der Waals surface area contributed by atoms with Crippen molar-refractivity contribution >= 4 is 32.8 Å². The predicted octanol–water partition coefficient (Wildman–Crippen LogP) is 3.29. The van der Waals surface area contributed by atoms with Gasteiger partial charge in [0.15, 0.2) is 0 Å². The van der Waals surface area contributed by atoms with Crippen molar-refractivity contribution in [1.29, 1.82) is 0 Å². The monoisotopic (exact) mass is 283 g/mol. The molecule has 0 atom stereocenters. The van der Waals surface area contributed by atoms with Crippen LogP contribution in [0, 0.1) is 0 Å². The van der Waals surface area contributed by atoms with Gasteiger partial charge in [-0.1, -0.05) is 15.9 Å². The summed E-state index contributed by atoms with van der Waals surface area (Å²) in [6, 6.07) is 0. The quantitative estimate of drug-likeness (QED) is 0.630. The van der Waals surface area contributed by atoms with Gasteiger partial charge in [-0.15, -0.1) is 0 Å². The molecule has 0 aliphatic heterocycles. The summed E-state index contributed by atoms with van der Waals surface area (Å²) in [7, 11) is 0. The first kappa shape index (κ1) is 11.5. The lowest BCUT2D eigenvalue weighted by Gasteiger charge is -2.07. The first-order chi connectivity index (χ1) is 6.57. The summed E-state index contributed by atoms with van der Waals surface area (Å²) in [5, 5.41) is -0.633. The van der Waals surface area contributed by atoms with Crippen LogP contribution < -0.4 is 0 Å². The normalized spacial score (nSPS) is 10.6. The number of halogens is 4. The molecule has 0 radical (unpaired) electrons. The molecule has 0 spiro atoms. The maximum atomic E-state index is 12.4. The first-order valence-electron chi connectivity index (χ1n) is 3.58. The molecule has 2 nitrogen and oxygen atoms in total. The van der Waals surface area contributed by atoms with Crippen molar-refractivity contribution in [2.24, 2.45) is 0 Å². The van der Waals surface area contributed by atoms with Gasteiger partial charge in [0, 0.05) is 23.3 Å². The zero-order valence-electron chi connectivity index (χ0n) is 6.81. The molecule has 14 heavy (non-hydrogen) atoms. The van der Waals surface area contributed by atoms with Crippen LogP contribution in [0.2, 0.25) is 0 Å². The molecule has 1 aromatic heterocycles. The van der Waals surface area contributed by atoms with E-state index in [9.17, 15) is 13.6 Å². The molecule has 0 amide bonds. The number of aromatic nitrogens is 1. The van der Waals surface area contributed by atoms with Crippen LogP contribution in [0.1, 0.15) is 27.9 Å². The van der Waals surface area contributed by atoms with Crippen molar-refractivity contribution in [1.82, 2.24) is 4.98 Å². The Balaban J connectivity index is 3.35. The van der Waals surface area contributed by atoms with E-state index >= 15 is 0 Å². The number of alkyl halides is 3. The minimum Gasteiger partial charge on any atom is -0.276 e. The topological polar surface area (TPSA) is 30.0 Å². The Kier molecular flexibility index (Phi) is 3.95. The number of hydrogen-bond acceptors (Lipinski definition) is 2. The predicted molar refractivity (Wildman–Crippen MR) is 52.0 cm³/mol. The number of carbonyl (C=O) groups is 1. The Labute approximate surface area is 92.4 Å². The molecule has 1 rings (SSSR count). The van der Waals surface area contributed by atoms with Crippen molar-refractivity contribution in [3.8, 4) is 0 Å². The maximum absolute atomic E-state index is 12.4. The van der Waals surface area contributed by atoms with E-state index in [1.165, 1.54) is 6.20 Å². The Bertz CT molecular complexity index is 359. The summed E-state index contributed by atoms with van der Waals surface area (Å²) in [5.74, 6) is 0. The Morgan fingerprint density at radius 2 is 2.21 bits per heavy atom. The van der Waals surface area contributed by atoms with Gasteiger partial charge in [0.2, 0.25) is 0 Å². The molecule has 0 unspecified atom stereocenters. The molecular weight excluding hydrogens is 279 g/mol. The fraction of sp³-hybridized carbons (Fsp3) is 0.250. The zero-order chi connectivity index (χ0) is 10.7. The number of pyridine rings is 1. The number of rotatable bonds is 3. The molecule has 6 heteroatoms. The van der Waals surface area contributed by atoms with E-state index in [2.05, 4.69) is 20.9 Å². The lowest BCUT2D eigenvalue weighted by molar-refractivity contribution is 0.106. The van der Waals surface area contributed by atoms with E-state index < -0.39 is 17.2 Å². The summed E-state index contributed by atoms with van der Waals surface area (Å²) in [6.45, 7) is 0. The first-order valence-corrected chi connectivity index (χ1v) is 5.08. The molecular formula is C8H5BrClF2NO. The van der Waals surface area contributed by atoms with Gasteiger partial charge < -0.3 is 0 Å². The standard InChI is InChI=1S/C8H5BrClF2NO/c9-1-4-2-13-3-5(8(11)12)6(4)7(10)14/h2-3,8H,1H2. The van der Waals surface area contributed by atoms with E-state index in [-0.39, 0.29) is 10.9 Å². The summed E-state index contributed by atoms with van der Waals surface area (Å²) >= 11 is 8.28. The maximum Gasteiger partial charge on any atom is 0.266 e. The van der Waals surface area contributed by atoms with Crippen LogP contribution in [0.3, 0.4) is 0 Å². The van der Waals surface area contributed by atoms with E-state index in [1.54, 1.807) is 0 Å². The lowest BCUT2D eigenvalue weighted by atomic mass is 10.1. The molecule has 1 heterocycles. The highest BCUT2D eigenvalue weighted by atomic mass is 79.9. The molecule has 76 valence electrons. The minimum atomic E-state index is -2.75. The third kappa shape index (κ3) is 2.27. The summed E-state index contributed by atoms with van der Waals surface area (Å²) < 4.78 is 24.9. The van der Waals surface area contributed by atoms with Gasteiger partial charge in [-0.3, -0.25) is 9.78 Å². The molecule has 0 bridgehead atoms. The molecule has 0 aliphatic rings. The minimum absolute atomic E-state index is 0.159. The van der Waals surface area contributed by atoms with Crippen LogP contribution in [0.5, 0.6) is 0 Å². The molecule has 0 aromatic carbocycles. The van der Waals surface area contributed by atoms with Crippen LogP contribution in [-0.4, -0.2) is 10.2 Å². The van der Waals surface area contributed by atoms with Crippen LogP contribution in [0.25, 0.3) is 0 Å². The number of carbonyl (C=O) groups excluding carboxylic acids is 1. The van der Waals surface area contributed by atoms with Crippen LogP contribution in [-0.2, 0) is 5.33 Å². The van der Waals surface area contributed by atoms with Crippen LogP contribution in [0.15, 0.2) is 12.4 Å². The van der Waals surface area contributed by atoms with Gasteiger partial charge in [-0.25, -0.2) is 8.78 Å². The highest BCUT2D eigenvalue weighted by Crippen LogP contribution is 2.26. The van der Waals surface area contributed by atoms with Gasteiger partial charge in [-0.05, 0) is 17.2 Å². The molecule has 0 fully saturated rings. The van der Waals surface area contributed by atoms with E-state index in [4.69, 9.17) is 11.6 Å². The van der Waals surface area contributed by atoms with E-state index in [1.807, 2.05) is 0 Å². The van der Waals surface area contributed by atoms with Crippen molar-refractivity contribution in [2.45, 2.75) is 11.8 Å². The molecule has 1 aromatic rings. The Morgan fingerprint density at radius 3 is 2.64 bits per heavy atom. The molecule has 0 aliphatic carbocycles.